The van der Waals surface area contributed by atoms with Crippen molar-refractivity contribution in [3.8, 4) is 11.5 Å². The van der Waals surface area contributed by atoms with Crippen LogP contribution in [-0.4, -0.2) is 177 Å². The van der Waals surface area contributed by atoms with Gasteiger partial charge in [-0.1, -0.05) is 66.5 Å². The molecule has 0 amide bonds. The Bertz CT molecular complexity index is 2020. The Labute approximate surface area is 417 Å². The molecule has 5 aliphatic rings. The van der Waals surface area contributed by atoms with E-state index in [1.165, 1.54) is 48.7 Å². The number of benzene rings is 2. The van der Waals surface area contributed by atoms with Crippen molar-refractivity contribution in [1.82, 2.24) is 19.6 Å². The Morgan fingerprint density at radius 2 is 0.985 bits per heavy atom. The summed E-state index contributed by atoms with van der Waals surface area (Å²) < 4.78 is 4.86. The number of aromatic hydroxyl groups is 2. The zero-order chi connectivity index (χ0) is 47.8. The zero-order valence-corrected chi connectivity index (χ0v) is 43.7. The third-order valence-electron chi connectivity index (χ3n) is 14.0. The summed E-state index contributed by atoms with van der Waals surface area (Å²) >= 11 is 0. The van der Waals surface area contributed by atoms with Gasteiger partial charge in [0.1, 0.15) is 11.5 Å². The Balaban J connectivity index is 0.00000118. The molecule has 4 heterocycles. The predicted octanol–water partition coefficient (Wildman–Crippen LogP) is 6.83. The summed E-state index contributed by atoms with van der Waals surface area (Å²) in [5.41, 5.74) is 5.98. The fourth-order valence-corrected chi connectivity index (χ4v) is 10.3. The number of nitrogens with zero attached hydrogens (tertiary/aromatic N) is 8. The molecule has 1 saturated carbocycles. The van der Waals surface area contributed by atoms with Gasteiger partial charge in [-0.25, -0.2) is 9.59 Å². The SMILES string of the molecule is C[N+]1=C2N(CCCc3cc(C(C)(C)C)cc(C=NC4CCCCC4N=Cc4cc(C(C)(C)C)cc(CCCN5CCCN6CCC[N+](C)=C56)c4O)c3O)CCCN2CCC1.O=C(O)C(=O)O.[CH3-].[Co]. The molecule has 0 aromatic heterocycles. The van der Waals surface area contributed by atoms with Crippen molar-refractivity contribution in [3.05, 3.63) is 65.1 Å². The van der Waals surface area contributed by atoms with Crippen LogP contribution in [0.2, 0.25) is 0 Å². The topological polar surface area (TPSA) is 159 Å². The normalized spacial score (nSPS) is 20.1. The molecule has 4 aliphatic heterocycles. The molecule has 15 heteroatoms. The standard InChI is InChI=1S/C50H76N8O2.C2H2O4.CH3.Co/c1-49(2,3)41-31-37(17-11-23-55-27-15-29-57-25-13-21-53(7)47(55)57)45(59)39(33-41)35-51-43-19-9-10-20-44(43)52-36-40-34-42(50(4,5)6)32-38(46(40)60)18-12-24-56-28-16-30-58-26-14-22-54(8)48(56)58;3-1(4)2(5)6;;/h31-36,43-44H,9-30H2,1-8H3;(H,3,4)(H,5,6);1H3;/q;;-1;/p+2. The quantitative estimate of drug-likeness (QED) is 0.0770. The minimum atomic E-state index is -1.82. The van der Waals surface area contributed by atoms with Gasteiger partial charge in [0.15, 0.2) is 0 Å². The van der Waals surface area contributed by atoms with Gasteiger partial charge in [0, 0.05) is 66.0 Å². The van der Waals surface area contributed by atoms with Gasteiger partial charge in [-0.3, -0.25) is 38.7 Å². The molecule has 0 spiro atoms. The second kappa shape index (κ2) is 24.8. The second-order valence-electron chi connectivity index (χ2n) is 21.2. The molecule has 68 heavy (non-hydrogen) atoms. The third kappa shape index (κ3) is 14.5. The Morgan fingerprint density at radius 1 is 0.618 bits per heavy atom. The van der Waals surface area contributed by atoms with Crippen LogP contribution in [0.5, 0.6) is 11.5 Å². The first-order valence-electron chi connectivity index (χ1n) is 24.7. The Kier molecular flexibility index (Phi) is 20.4. The molecule has 4 N–H and O–H groups in total. The maximum atomic E-state index is 11.7. The second-order valence-corrected chi connectivity index (χ2v) is 21.2. The zero-order valence-electron chi connectivity index (χ0n) is 42.7. The summed E-state index contributed by atoms with van der Waals surface area (Å²) in [5.74, 6) is -0.138. The van der Waals surface area contributed by atoms with Crippen LogP contribution in [0.15, 0.2) is 34.3 Å². The average molecular weight is 987 g/mol. The molecule has 2 saturated heterocycles. The number of carboxylic acid groups (broad SMARTS) is 2. The first kappa shape index (κ1) is 56.0. The van der Waals surface area contributed by atoms with E-state index in [4.69, 9.17) is 29.8 Å². The first-order valence-corrected chi connectivity index (χ1v) is 24.7. The number of guanidine groups is 2. The summed E-state index contributed by atoms with van der Waals surface area (Å²) in [7, 11) is 4.46. The van der Waals surface area contributed by atoms with E-state index in [2.05, 4.69) is 109 Å². The first-order chi connectivity index (χ1) is 31.3. The van der Waals surface area contributed by atoms with Crippen molar-refractivity contribution >= 4 is 36.3 Å². The molecule has 379 valence electrons. The summed E-state index contributed by atoms with van der Waals surface area (Å²) in [5, 5.41) is 38.3. The van der Waals surface area contributed by atoms with E-state index in [1.807, 2.05) is 12.4 Å². The van der Waals surface area contributed by atoms with Crippen molar-refractivity contribution in [2.24, 2.45) is 9.98 Å². The molecule has 3 fully saturated rings. The molecular weight excluding hydrogens is 904 g/mol. The third-order valence-corrected chi connectivity index (χ3v) is 14.0. The van der Waals surface area contributed by atoms with Crippen LogP contribution in [0.4, 0.5) is 0 Å². The maximum absolute atomic E-state index is 11.7. The summed E-state index contributed by atoms with van der Waals surface area (Å²) in [6, 6.07) is 8.78. The van der Waals surface area contributed by atoms with Gasteiger partial charge in [0.25, 0.3) is 0 Å². The number of carboxylic acids is 2. The number of aliphatic imine (C=N–C) groups is 2. The van der Waals surface area contributed by atoms with Crippen LogP contribution in [-0.2, 0) is 50.0 Å². The minimum absolute atomic E-state index is 0. The van der Waals surface area contributed by atoms with Gasteiger partial charge in [-0.2, -0.15) is 0 Å². The van der Waals surface area contributed by atoms with Crippen molar-refractivity contribution in [3.63, 3.8) is 0 Å². The number of aryl methyl sites for hydroxylation is 2. The van der Waals surface area contributed by atoms with Crippen LogP contribution in [0.3, 0.4) is 0 Å². The van der Waals surface area contributed by atoms with Gasteiger partial charge in [-0.05, 0) is 83.7 Å². The monoisotopic (exact) mass is 987 g/mol. The summed E-state index contributed by atoms with van der Waals surface area (Å²) in [6.07, 6.45) is 16.5. The van der Waals surface area contributed by atoms with Crippen LogP contribution in [0.1, 0.15) is 139 Å². The number of aliphatic carboxylic acids is 2. The van der Waals surface area contributed by atoms with Crippen molar-refractivity contribution in [2.45, 2.75) is 142 Å². The maximum Gasteiger partial charge on any atom is 0.414 e. The fraction of sp³-hybridized carbons (Fsp3) is 0.642. The molecule has 2 unspecified atom stereocenters. The van der Waals surface area contributed by atoms with E-state index in [0.29, 0.717) is 11.5 Å². The number of phenols is 2. The summed E-state index contributed by atoms with van der Waals surface area (Å²) in [4.78, 5) is 38.8. The van der Waals surface area contributed by atoms with Crippen LogP contribution >= 0.6 is 0 Å². The molecular formula is C53H83CoN8O6+. The number of phenolic OH excluding ortho intramolecular Hbond substituents is 2. The molecule has 1 radical (unpaired) electrons. The Morgan fingerprint density at radius 3 is 1.34 bits per heavy atom. The van der Waals surface area contributed by atoms with Gasteiger partial charge in [-0.15, -0.1) is 0 Å². The number of hydrogen-bond acceptors (Lipinski definition) is 10. The van der Waals surface area contributed by atoms with Crippen molar-refractivity contribution < 1.29 is 55.9 Å². The largest absolute Gasteiger partial charge is 0.507 e. The van der Waals surface area contributed by atoms with E-state index in [1.54, 1.807) is 0 Å². The molecule has 1 aliphatic carbocycles. The van der Waals surface area contributed by atoms with E-state index >= 15 is 0 Å². The molecule has 2 atom stereocenters. The van der Waals surface area contributed by atoms with Crippen LogP contribution in [0, 0.1) is 7.43 Å². The number of fused-ring (bicyclic) bond motifs is 2. The van der Waals surface area contributed by atoms with Gasteiger partial charge < -0.3 is 27.9 Å². The van der Waals surface area contributed by atoms with Gasteiger partial charge in [0.05, 0.1) is 91.6 Å². The van der Waals surface area contributed by atoms with Crippen molar-refractivity contribution in [1.29, 1.82) is 0 Å². The molecule has 2 aromatic carbocycles. The fourth-order valence-electron chi connectivity index (χ4n) is 10.3. The van der Waals surface area contributed by atoms with Crippen LogP contribution in [0.25, 0.3) is 0 Å². The average Bonchev–Trinajstić information content (AvgIpc) is 3.26. The van der Waals surface area contributed by atoms with E-state index in [9.17, 15) is 10.2 Å². The van der Waals surface area contributed by atoms with Gasteiger partial charge in [0.2, 0.25) is 0 Å². The smallest absolute Gasteiger partial charge is 0.414 e. The number of carbonyl (C=O) groups is 2. The van der Waals surface area contributed by atoms with E-state index in [-0.39, 0.29) is 47.1 Å². The Hall–Kier alpha value is -4.63. The summed E-state index contributed by atoms with van der Waals surface area (Å²) in [6.45, 7) is 24.6. The van der Waals surface area contributed by atoms with E-state index < -0.39 is 11.9 Å². The molecule has 14 nitrogen and oxygen atoms in total. The molecule has 0 bridgehead atoms. The number of hydrogen-bond donors (Lipinski definition) is 4. The molecule has 2 aromatic rings. The van der Waals surface area contributed by atoms with Crippen molar-refractivity contribution in [2.75, 3.05) is 79.5 Å². The van der Waals surface area contributed by atoms with E-state index in [0.717, 1.165) is 139 Å². The van der Waals surface area contributed by atoms with Gasteiger partial charge >= 0.3 is 23.9 Å². The number of rotatable bonds is 12. The molecule has 7 rings (SSSR count). The predicted molar refractivity (Wildman–Crippen MR) is 270 cm³/mol. The minimum Gasteiger partial charge on any atom is -0.507 e. The van der Waals surface area contributed by atoms with Crippen LogP contribution < -0.4 is 0 Å².